The van der Waals surface area contributed by atoms with Crippen LogP contribution in [0, 0.1) is 5.92 Å². The van der Waals surface area contributed by atoms with Gasteiger partial charge in [-0.1, -0.05) is 48.0 Å². The van der Waals surface area contributed by atoms with Crippen LogP contribution in [0.5, 0.6) is 0 Å². The van der Waals surface area contributed by atoms with Crippen LogP contribution < -0.4 is 4.90 Å². The molecule has 1 unspecified atom stereocenters. The SMILES string of the molecule is O=C(C1CC(=O)N(c2ccc(Cl)cc2)C1)N1CCC(c2c[nH]c3ccccc23)(c2c[nH]c3ccccc23)CC1. The lowest BCUT2D eigenvalue weighted by atomic mass is 9.67. The zero-order valence-corrected chi connectivity index (χ0v) is 22.2. The number of nitrogens with one attached hydrogen (secondary N) is 2. The van der Waals surface area contributed by atoms with Crippen molar-refractivity contribution in [3.63, 3.8) is 0 Å². The summed E-state index contributed by atoms with van der Waals surface area (Å²) in [6, 6.07) is 24.1. The van der Waals surface area contributed by atoms with Crippen molar-refractivity contribution >= 4 is 50.9 Å². The van der Waals surface area contributed by atoms with Crippen molar-refractivity contribution in [2.24, 2.45) is 5.92 Å². The Balaban J connectivity index is 1.18. The maximum atomic E-state index is 13.7. The lowest BCUT2D eigenvalue weighted by molar-refractivity contribution is -0.137. The van der Waals surface area contributed by atoms with Gasteiger partial charge in [0, 0.05) is 76.4 Å². The first-order valence-corrected chi connectivity index (χ1v) is 13.9. The number of aromatic amines is 2. The highest BCUT2D eigenvalue weighted by atomic mass is 35.5. The van der Waals surface area contributed by atoms with Gasteiger partial charge in [0.15, 0.2) is 0 Å². The zero-order valence-electron chi connectivity index (χ0n) is 21.5. The molecule has 2 aliphatic heterocycles. The Morgan fingerprint density at radius 1 is 0.821 bits per heavy atom. The van der Waals surface area contributed by atoms with Crippen LogP contribution in [0.15, 0.2) is 85.2 Å². The fourth-order valence-electron chi connectivity index (χ4n) is 6.73. The van der Waals surface area contributed by atoms with E-state index < -0.39 is 0 Å². The van der Waals surface area contributed by atoms with Gasteiger partial charge in [0.2, 0.25) is 11.8 Å². The molecular formula is C32H29ClN4O2. The molecule has 2 N–H and O–H groups in total. The third-order valence-corrected chi connectivity index (χ3v) is 9.00. The van der Waals surface area contributed by atoms with E-state index in [-0.39, 0.29) is 29.6 Å². The van der Waals surface area contributed by atoms with E-state index in [0.717, 1.165) is 29.6 Å². The predicted molar refractivity (Wildman–Crippen MR) is 155 cm³/mol. The van der Waals surface area contributed by atoms with E-state index in [9.17, 15) is 9.59 Å². The fourth-order valence-corrected chi connectivity index (χ4v) is 6.86. The van der Waals surface area contributed by atoms with Crippen molar-refractivity contribution < 1.29 is 9.59 Å². The predicted octanol–water partition coefficient (Wildman–Crippen LogP) is 6.26. The second-order valence-electron chi connectivity index (χ2n) is 10.8. The molecule has 5 aromatic rings. The van der Waals surface area contributed by atoms with Gasteiger partial charge in [0.25, 0.3) is 0 Å². The Labute approximate surface area is 231 Å². The minimum Gasteiger partial charge on any atom is -0.361 e. The molecule has 3 aromatic carbocycles. The van der Waals surface area contributed by atoms with E-state index in [2.05, 4.69) is 70.9 Å². The average Bonchev–Trinajstić information content (AvgIpc) is 3.70. The van der Waals surface area contributed by atoms with E-state index in [4.69, 9.17) is 11.6 Å². The number of hydrogen-bond donors (Lipinski definition) is 2. The molecule has 0 radical (unpaired) electrons. The Kier molecular flexibility index (Phi) is 5.74. The summed E-state index contributed by atoms with van der Waals surface area (Å²) in [6.45, 7) is 1.69. The topological polar surface area (TPSA) is 72.2 Å². The van der Waals surface area contributed by atoms with E-state index in [1.54, 1.807) is 17.0 Å². The molecule has 4 heterocycles. The van der Waals surface area contributed by atoms with Gasteiger partial charge in [0.05, 0.1) is 5.92 Å². The molecule has 2 fully saturated rings. The van der Waals surface area contributed by atoms with Gasteiger partial charge in [-0.25, -0.2) is 0 Å². The minimum atomic E-state index is -0.332. The molecule has 7 rings (SSSR count). The highest BCUT2D eigenvalue weighted by molar-refractivity contribution is 6.30. The highest BCUT2D eigenvalue weighted by Crippen LogP contribution is 2.47. The maximum Gasteiger partial charge on any atom is 0.228 e. The maximum absolute atomic E-state index is 13.7. The van der Waals surface area contributed by atoms with Crippen LogP contribution in [-0.4, -0.2) is 46.3 Å². The first-order valence-electron chi connectivity index (χ1n) is 13.5. The molecule has 2 amide bonds. The minimum absolute atomic E-state index is 0.0142. The number of aromatic nitrogens is 2. The Morgan fingerprint density at radius 3 is 1.97 bits per heavy atom. The molecule has 2 saturated heterocycles. The van der Waals surface area contributed by atoms with Crippen molar-refractivity contribution in [2.75, 3.05) is 24.5 Å². The summed E-state index contributed by atoms with van der Waals surface area (Å²) < 4.78 is 0. The quantitative estimate of drug-likeness (QED) is 0.284. The van der Waals surface area contributed by atoms with Crippen LogP contribution >= 0.6 is 11.6 Å². The number of rotatable bonds is 4. The van der Waals surface area contributed by atoms with Crippen molar-refractivity contribution in [3.05, 3.63) is 101 Å². The van der Waals surface area contributed by atoms with Crippen molar-refractivity contribution in [1.29, 1.82) is 0 Å². The van der Waals surface area contributed by atoms with Gasteiger partial charge in [-0.05, 0) is 60.4 Å². The summed E-state index contributed by atoms with van der Waals surface area (Å²) in [4.78, 5) is 37.2. The first-order chi connectivity index (χ1) is 19.0. The molecule has 196 valence electrons. The number of anilines is 1. The number of amides is 2. The number of carbonyl (C=O) groups excluding carboxylic acids is 2. The van der Waals surface area contributed by atoms with Gasteiger partial charge in [-0.15, -0.1) is 0 Å². The Bertz CT molecular complexity index is 1620. The van der Waals surface area contributed by atoms with Crippen molar-refractivity contribution in [1.82, 2.24) is 14.9 Å². The molecular weight excluding hydrogens is 508 g/mol. The number of piperidine rings is 1. The van der Waals surface area contributed by atoms with Gasteiger partial charge in [0.1, 0.15) is 0 Å². The number of benzene rings is 3. The van der Waals surface area contributed by atoms with Crippen LogP contribution in [0.2, 0.25) is 5.02 Å². The summed E-state index contributed by atoms with van der Waals surface area (Å²) in [5.74, 6) is -0.271. The highest BCUT2D eigenvalue weighted by Gasteiger charge is 2.44. The molecule has 1 atom stereocenters. The van der Waals surface area contributed by atoms with E-state index >= 15 is 0 Å². The molecule has 0 spiro atoms. The normalized spacial score (nSPS) is 19.3. The van der Waals surface area contributed by atoms with Crippen LogP contribution in [0.3, 0.4) is 0 Å². The number of halogens is 1. The summed E-state index contributed by atoms with van der Waals surface area (Å²) in [5.41, 5.74) is 5.35. The second-order valence-corrected chi connectivity index (χ2v) is 11.2. The third kappa shape index (κ3) is 3.93. The molecule has 39 heavy (non-hydrogen) atoms. The number of fused-ring (bicyclic) bond motifs is 2. The molecule has 2 aliphatic rings. The number of H-pyrrole nitrogens is 2. The van der Waals surface area contributed by atoms with Gasteiger partial charge in [-0.2, -0.15) is 0 Å². The van der Waals surface area contributed by atoms with Crippen LogP contribution in [0.1, 0.15) is 30.4 Å². The summed E-state index contributed by atoms with van der Waals surface area (Å²) in [6.07, 6.45) is 6.18. The van der Waals surface area contributed by atoms with Crippen LogP contribution in [0.25, 0.3) is 21.8 Å². The van der Waals surface area contributed by atoms with Crippen LogP contribution in [0.4, 0.5) is 5.69 Å². The average molecular weight is 537 g/mol. The van der Waals surface area contributed by atoms with Gasteiger partial charge >= 0.3 is 0 Å². The number of hydrogen-bond acceptors (Lipinski definition) is 2. The fraction of sp³-hybridized carbons (Fsp3) is 0.250. The number of nitrogens with zero attached hydrogens (tertiary/aromatic N) is 2. The van der Waals surface area contributed by atoms with Crippen molar-refractivity contribution in [2.45, 2.75) is 24.7 Å². The first kappa shape index (κ1) is 24.0. The van der Waals surface area contributed by atoms with Crippen LogP contribution in [-0.2, 0) is 15.0 Å². The third-order valence-electron chi connectivity index (χ3n) is 8.75. The molecule has 6 nitrogen and oxygen atoms in total. The monoisotopic (exact) mass is 536 g/mol. The van der Waals surface area contributed by atoms with E-state index in [0.29, 0.717) is 24.7 Å². The smallest absolute Gasteiger partial charge is 0.228 e. The number of para-hydroxylation sites is 2. The zero-order chi connectivity index (χ0) is 26.6. The van der Waals surface area contributed by atoms with Crippen molar-refractivity contribution in [3.8, 4) is 0 Å². The molecule has 7 heteroatoms. The van der Waals surface area contributed by atoms with Gasteiger partial charge in [-0.3, -0.25) is 9.59 Å². The molecule has 0 aliphatic carbocycles. The number of likely N-dealkylation sites (tertiary alicyclic amines) is 1. The van der Waals surface area contributed by atoms with E-state index in [1.807, 2.05) is 17.0 Å². The largest absolute Gasteiger partial charge is 0.361 e. The second kappa shape index (κ2) is 9.31. The van der Waals surface area contributed by atoms with Gasteiger partial charge < -0.3 is 19.8 Å². The Hall–Kier alpha value is -4.03. The summed E-state index contributed by atoms with van der Waals surface area (Å²) in [7, 11) is 0. The number of carbonyl (C=O) groups is 2. The molecule has 2 aromatic heterocycles. The summed E-state index contributed by atoms with van der Waals surface area (Å²) >= 11 is 6.03. The van der Waals surface area contributed by atoms with E-state index in [1.165, 1.54) is 21.9 Å². The summed E-state index contributed by atoms with van der Waals surface area (Å²) in [5, 5.41) is 3.07. The molecule has 0 bridgehead atoms. The lowest BCUT2D eigenvalue weighted by Gasteiger charge is -2.43. The standard InChI is InChI=1S/C32H29ClN4O2/c33-22-9-11-23(12-10-22)37-20-21(17-30(37)38)31(39)36-15-13-32(14-16-36,26-18-34-28-7-3-1-5-24(26)28)27-19-35-29-8-4-2-6-25(27)29/h1-12,18-19,21,34-35H,13-17,20H2. The molecule has 0 saturated carbocycles. The lowest BCUT2D eigenvalue weighted by Crippen LogP contribution is -2.47. The Morgan fingerprint density at radius 2 is 1.38 bits per heavy atom.